The number of nitrogens with one attached hydrogen (secondary N) is 2. The molecule has 2 heterocycles. The number of hydrogen-bond donors (Lipinski definition) is 2. The smallest absolute Gasteiger partial charge is 0.407 e. The number of amides is 1. The van der Waals surface area contributed by atoms with Gasteiger partial charge in [-0.2, -0.15) is 0 Å². The number of rotatable bonds is 6. The van der Waals surface area contributed by atoms with Gasteiger partial charge in [0.2, 0.25) is 0 Å². The second-order valence-corrected chi connectivity index (χ2v) is 9.48. The third-order valence-corrected chi connectivity index (χ3v) is 6.63. The lowest BCUT2D eigenvalue weighted by Crippen LogP contribution is -2.44. The van der Waals surface area contributed by atoms with Crippen LogP contribution in [-0.2, 0) is 4.74 Å². The second-order valence-electron chi connectivity index (χ2n) is 8.56. The molecule has 6 nitrogen and oxygen atoms in total. The molecule has 2 atom stereocenters. The number of hydrogen-bond acceptors (Lipinski definition) is 4. The maximum Gasteiger partial charge on any atom is 0.407 e. The first-order valence-corrected chi connectivity index (χ1v) is 11.7. The topological polar surface area (TPSA) is 70.2 Å². The summed E-state index contributed by atoms with van der Waals surface area (Å²) in [5.41, 5.74) is 5.17. The quantitative estimate of drug-likeness (QED) is 0.437. The number of nitrogens with zero attached hydrogens (tertiary/aromatic N) is 2. The monoisotopic (exact) mass is 496 g/mol. The predicted octanol–water partition coefficient (Wildman–Crippen LogP) is 6.02. The number of imidazole rings is 1. The zero-order valence-electron chi connectivity index (χ0n) is 18.7. The van der Waals surface area contributed by atoms with Gasteiger partial charge in [0, 0.05) is 16.7 Å². The molecule has 1 aromatic heterocycles. The second kappa shape index (κ2) is 9.36. The summed E-state index contributed by atoms with van der Waals surface area (Å²) in [7, 11) is 1.38. The Balaban J connectivity index is 1.60. The molecule has 1 amide bonds. The van der Waals surface area contributed by atoms with Gasteiger partial charge in [-0.3, -0.25) is 0 Å². The van der Waals surface area contributed by atoms with E-state index in [9.17, 15) is 4.79 Å². The molecule has 1 fully saturated rings. The van der Waals surface area contributed by atoms with Crippen LogP contribution in [0.1, 0.15) is 38.6 Å². The lowest BCUT2D eigenvalue weighted by atomic mass is 10.00. The Hall–Kier alpha value is -2.80. The van der Waals surface area contributed by atoms with Crippen molar-refractivity contribution in [3.8, 4) is 11.1 Å². The minimum absolute atomic E-state index is 0.103. The molecule has 3 aromatic rings. The number of carbonyl (C=O) groups excluding carboxylic acids is 1. The van der Waals surface area contributed by atoms with E-state index in [1.807, 2.05) is 12.1 Å². The summed E-state index contributed by atoms with van der Waals surface area (Å²) in [6.07, 6.45) is 1.60. The lowest BCUT2D eigenvalue weighted by Gasteiger charge is -2.34. The summed E-state index contributed by atoms with van der Waals surface area (Å²) in [6.45, 7) is 9.37. The Kier molecular flexibility index (Phi) is 6.55. The van der Waals surface area contributed by atoms with Crippen molar-refractivity contribution in [2.24, 2.45) is 5.92 Å². The van der Waals surface area contributed by atoms with Crippen LogP contribution in [0.25, 0.3) is 22.2 Å². The van der Waals surface area contributed by atoms with Gasteiger partial charge in [0.25, 0.3) is 0 Å². The van der Waals surface area contributed by atoms with Crippen LogP contribution >= 0.6 is 15.9 Å². The van der Waals surface area contributed by atoms with E-state index >= 15 is 0 Å². The standard InChI is InChI=1S/C25H29BrN4O2/c1-15(2)23(29-25(31)32-4)16(3)30-13-5-6-22(30)24-27-20-12-9-18(14-21(20)28-24)17-7-10-19(26)11-8-17/h7-12,14-15,22-23H,3,5-6,13H2,1-2,4H3,(H,27,28)(H,29,31)/t22-,23-/m0/s1. The van der Waals surface area contributed by atoms with Crippen LogP contribution in [0.3, 0.4) is 0 Å². The molecule has 7 heteroatoms. The van der Waals surface area contributed by atoms with Gasteiger partial charge in [-0.1, -0.05) is 54.6 Å². The number of ether oxygens (including phenoxy) is 1. The van der Waals surface area contributed by atoms with Gasteiger partial charge in [-0.05, 0) is 54.2 Å². The van der Waals surface area contributed by atoms with E-state index in [2.05, 4.69) is 81.9 Å². The number of alkyl carbamates (subject to hydrolysis) is 1. The van der Waals surface area contributed by atoms with Crippen LogP contribution in [0.5, 0.6) is 0 Å². The van der Waals surface area contributed by atoms with E-state index in [4.69, 9.17) is 9.72 Å². The van der Waals surface area contributed by atoms with Crippen molar-refractivity contribution in [1.29, 1.82) is 0 Å². The normalized spacial score (nSPS) is 17.0. The van der Waals surface area contributed by atoms with Crippen LogP contribution in [0.4, 0.5) is 4.79 Å². The Morgan fingerprint density at radius 2 is 1.97 bits per heavy atom. The molecular formula is C25H29BrN4O2. The van der Waals surface area contributed by atoms with E-state index in [0.717, 1.165) is 57.5 Å². The Bertz CT molecular complexity index is 1120. The highest BCUT2D eigenvalue weighted by Crippen LogP contribution is 2.36. The minimum Gasteiger partial charge on any atom is -0.453 e. The van der Waals surface area contributed by atoms with Gasteiger partial charge in [-0.25, -0.2) is 9.78 Å². The van der Waals surface area contributed by atoms with E-state index in [-0.39, 0.29) is 18.0 Å². The Labute approximate surface area is 197 Å². The SMILES string of the molecule is C=C([C@@H](NC(=O)OC)C(C)C)N1CCC[C@H]1c1nc2ccc(-c3ccc(Br)cc3)cc2[nH]1. The predicted molar refractivity (Wildman–Crippen MR) is 131 cm³/mol. The van der Waals surface area contributed by atoms with E-state index in [0.29, 0.717) is 0 Å². The third kappa shape index (κ3) is 4.53. The molecule has 4 rings (SSSR count). The molecule has 0 bridgehead atoms. The Morgan fingerprint density at radius 1 is 1.25 bits per heavy atom. The van der Waals surface area contributed by atoms with Crippen molar-refractivity contribution in [2.45, 2.75) is 38.8 Å². The molecule has 1 saturated heterocycles. The van der Waals surface area contributed by atoms with Crippen LogP contribution in [-0.4, -0.2) is 40.7 Å². The Morgan fingerprint density at radius 3 is 2.66 bits per heavy atom. The zero-order chi connectivity index (χ0) is 22.8. The first kappa shape index (κ1) is 22.4. The van der Waals surface area contributed by atoms with Gasteiger partial charge >= 0.3 is 6.09 Å². The van der Waals surface area contributed by atoms with Crippen LogP contribution in [0.2, 0.25) is 0 Å². The number of H-pyrrole nitrogens is 1. The van der Waals surface area contributed by atoms with Gasteiger partial charge in [-0.15, -0.1) is 0 Å². The summed E-state index contributed by atoms with van der Waals surface area (Å²) >= 11 is 3.49. The van der Waals surface area contributed by atoms with E-state index in [1.165, 1.54) is 7.11 Å². The summed E-state index contributed by atoms with van der Waals surface area (Å²) in [6, 6.07) is 14.5. The van der Waals surface area contributed by atoms with Crippen LogP contribution < -0.4 is 5.32 Å². The highest BCUT2D eigenvalue weighted by molar-refractivity contribution is 9.10. The lowest BCUT2D eigenvalue weighted by molar-refractivity contribution is 0.161. The fraction of sp³-hybridized carbons (Fsp3) is 0.360. The summed E-state index contributed by atoms with van der Waals surface area (Å²) in [5.74, 6) is 1.12. The number of fused-ring (bicyclic) bond motifs is 1. The van der Waals surface area contributed by atoms with Gasteiger partial charge < -0.3 is 19.9 Å². The number of methoxy groups -OCH3 is 1. The fourth-order valence-corrected chi connectivity index (χ4v) is 4.67. The molecule has 0 radical (unpaired) electrons. The average Bonchev–Trinajstić information content (AvgIpc) is 3.43. The van der Waals surface area contributed by atoms with Gasteiger partial charge in [0.15, 0.2) is 0 Å². The highest BCUT2D eigenvalue weighted by atomic mass is 79.9. The number of carbonyl (C=O) groups is 1. The van der Waals surface area contributed by atoms with Gasteiger partial charge in [0.05, 0.1) is 30.2 Å². The summed E-state index contributed by atoms with van der Waals surface area (Å²) in [4.78, 5) is 22.6. The highest BCUT2D eigenvalue weighted by Gasteiger charge is 2.33. The molecular weight excluding hydrogens is 468 g/mol. The number of benzene rings is 2. The zero-order valence-corrected chi connectivity index (χ0v) is 20.3. The minimum atomic E-state index is -0.440. The summed E-state index contributed by atoms with van der Waals surface area (Å²) in [5, 5.41) is 2.93. The largest absolute Gasteiger partial charge is 0.453 e. The molecule has 0 unspecified atom stereocenters. The van der Waals surface area contributed by atoms with Crippen molar-refractivity contribution >= 4 is 33.1 Å². The molecule has 0 spiro atoms. The third-order valence-electron chi connectivity index (χ3n) is 6.10. The van der Waals surface area contributed by atoms with Gasteiger partial charge in [0.1, 0.15) is 5.82 Å². The van der Waals surface area contributed by atoms with Crippen molar-refractivity contribution < 1.29 is 9.53 Å². The van der Waals surface area contributed by atoms with E-state index in [1.54, 1.807) is 0 Å². The number of halogens is 1. The van der Waals surface area contributed by atoms with Crippen LogP contribution in [0, 0.1) is 5.92 Å². The fourth-order valence-electron chi connectivity index (χ4n) is 4.40. The molecule has 168 valence electrons. The average molecular weight is 497 g/mol. The molecule has 2 aromatic carbocycles. The summed E-state index contributed by atoms with van der Waals surface area (Å²) < 4.78 is 5.88. The number of aromatic nitrogens is 2. The first-order chi connectivity index (χ1) is 15.4. The number of likely N-dealkylation sites (tertiary alicyclic amines) is 1. The van der Waals surface area contributed by atoms with Crippen molar-refractivity contribution in [2.75, 3.05) is 13.7 Å². The number of aromatic amines is 1. The van der Waals surface area contributed by atoms with Crippen molar-refractivity contribution in [1.82, 2.24) is 20.2 Å². The first-order valence-electron chi connectivity index (χ1n) is 10.9. The van der Waals surface area contributed by atoms with Crippen molar-refractivity contribution in [3.63, 3.8) is 0 Å². The van der Waals surface area contributed by atoms with Crippen molar-refractivity contribution in [3.05, 3.63) is 65.0 Å². The van der Waals surface area contributed by atoms with Crippen LogP contribution in [0.15, 0.2) is 59.2 Å². The molecule has 2 N–H and O–H groups in total. The molecule has 0 saturated carbocycles. The molecule has 32 heavy (non-hydrogen) atoms. The molecule has 1 aliphatic heterocycles. The molecule has 0 aliphatic carbocycles. The maximum absolute atomic E-state index is 11.9. The maximum atomic E-state index is 11.9. The molecule has 1 aliphatic rings. The van der Waals surface area contributed by atoms with E-state index < -0.39 is 6.09 Å².